The van der Waals surface area contributed by atoms with E-state index in [2.05, 4.69) is 22.4 Å². The molecule has 38 heavy (non-hydrogen) atoms. The minimum Gasteiger partial charge on any atom is -0.616 e. The molecule has 0 radical (unpaired) electrons. The molecule has 1 N–H and O–H groups in total. The maximum atomic E-state index is 14.1. The number of rotatable bonds is 6. The Morgan fingerprint density at radius 3 is 2.55 bits per heavy atom. The Morgan fingerprint density at radius 1 is 1.18 bits per heavy atom. The van der Waals surface area contributed by atoms with Crippen LogP contribution in [0.4, 0.5) is 18.9 Å². The van der Waals surface area contributed by atoms with E-state index in [1.165, 1.54) is 11.0 Å². The van der Waals surface area contributed by atoms with Gasteiger partial charge >= 0.3 is 6.18 Å². The van der Waals surface area contributed by atoms with E-state index in [1.807, 2.05) is 19.2 Å². The Bertz CT molecular complexity index is 1410. The van der Waals surface area contributed by atoms with Gasteiger partial charge in [0.1, 0.15) is 23.2 Å². The van der Waals surface area contributed by atoms with E-state index in [9.17, 15) is 22.5 Å². The molecule has 1 saturated heterocycles. The van der Waals surface area contributed by atoms with Gasteiger partial charge in [0.15, 0.2) is 5.82 Å². The van der Waals surface area contributed by atoms with Crippen molar-refractivity contribution in [2.24, 2.45) is 7.05 Å². The summed E-state index contributed by atoms with van der Waals surface area (Å²) in [5, 5.41) is 11.6. The summed E-state index contributed by atoms with van der Waals surface area (Å²) in [5.74, 6) is 0.946. The Labute approximate surface area is 221 Å². The summed E-state index contributed by atoms with van der Waals surface area (Å²) in [7, 11) is 1.82. The van der Waals surface area contributed by atoms with Crippen LogP contribution in [0.3, 0.4) is 0 Å². The molecule has 6 rings (SSSR count). The predicted octanol–water partition coefficient (Wildman–Crippen LogP) is 4.07. The van der Waals surface area contributed by atoms with Crippen LogP contribution in [0, 0.1) is 0 Å². The van der Waals surface area contributed by atoms with E-state index >= 15 is 0 Å². The van der Waals surface area contributed by atoms with Crippen LogP contribution in [0.2, 0.25) is 0 Å². The smallest absolute Gasteiger partial charge is 0.416 e. The molecule has 1 saturated carbocycles. The molecule has 0 spiro atoms. The van der Waals surface area contributed by atoms with Crippen LogP contribution < -0.4 is 10.2 Å². The van der Waals surface area contributed by atoms with E-state index in [4.69, 9.17) is 0 Å². The fourth-order valence-electron chi connectivity index (χ4n) is 5.85. The maximum Gasteiger partial charge on any atom is 0.416 e. The van der Waals surface area contributed by atoms with Crippen LogP contribution >= 0.6 is 0 Å². The van der Waals surface area contributed by atoms with Gasteiger partial charge in [0, 0.05) is 30.4 Å². The highest BCUT2D eigenvalue weighted by atomic mass is 32.2. The SMILES string of the molecule is Cn1cnnc1[C@]1(c2cccc(N3Cc4c(cc(CNC5(C)CCC5)cc4C(F)(F)F)C3=O)c2)C[S@@+]([O-])C1. The summed E-state index contributed by atoms with van der Waals surface area (Å²) in [6, 6.07) is 9.96. The standard InChI is InChI=1S/C27H28F3N5O2S/c1-25(7-4-8-25)31-12-17-9-20-21(22(10-17)27(28,29)30)13-35(23(20)36)19-6-3-5-18(11-19)26(14-38(37)15-26)24-33-32-16-34(24)2/h3,5-6,9-11,16,31H,4,7-8,12-15H2,1-2H3/t26-,38-. The molecular formula is C27H28F3N5O2S. The van der Waals surface area contributed by atoms with Crippen molar-refractivity contribution >= 4 is 22.8 Å². The lowest BCUT2D eigenvalue weighted by molar-refractivity contribution is -0.138. The number of fused-ring (bicyclic) bond motifs is 1. The van der Waals surface area contributed by atoms with Crippen LogP contribution in [-0.4, -0.2) is 42.3 Å². The molecule has 11 heteroatoms. The first-order valence-electron chi connectivity index (χ1n) is 12.6. The van der Waals surface area contributed by atoms with E-state index in [1.54, 1.807) is 29.1 Å². The third-order valence-corrected chi connectivity index (χ3v) is 9.88. The van der Waals surface area contributed by atoms with Crippen LogP contribution in [0.25, 0.3) is 0 Å². The number of nitrogens with zero attached hydrogens (tertiary/aromatic N) is 4. The molecule has 2 aliphatic heterocycles. The first kappa shape index (κ1) is 25.4. The van der Waals surface area contributed by atoms with Gasteiger partial charge in [-0.3, -0.25) is 4.79 Å². The number of amides is 1. The van der Waals surface area contributed by atoms with E-state index in [0.717, 1.165) is 24.8 Å². The van der Waals surface area contributed by atoms with Gasteiger partial charge in [-0.05, 0) is 67.1 Å². The fraction of sp³-hybridized carbons (Fsp3) is 0.444. The van der Waals surface area contributed by atoms with Gasteiger partial charge < -0.3 is 19.3 Å². The van der Waals surface area contributed by atoms with Crippen molar-refractivity contribution in [2.75, 3.05) is 16.4 Å². The Balaban J connectivity index is 1.34. The number of benzene rings is 2. The van der Waals surface area contributed by atoms with Crippen LogP contribution in [0.5, 0.6) is 0 Å². The molecule has 7 nitrogen and oxygen atoms in total. The molecule has 3 aromatic rings. The van der Waals surface area contributed by atoms with Gasteiger partial charge in [0.05, 0.1) is 12.1 Å². The zero-order valence-electron chi connectivity index (χ0n) is 21.1. The van der Waals surface area contributed by atoms with Gasteiger partial charge in [-0.2, -0.15) is 13.2 Å². The maximum absolute atomic E-state index is 14.1. The number of hydrogen-bond donors (Lipinski definition) is 1. The van der Waals surface area contributed by atoms with Crippen molar-refractivity contribution in [3.8, 4) is 0 Å². The number of aryl methyl sites for hydroxylation is 1. The van der Waals surface area contributed by atoms with E-state index < -0.39 is 34.2 Å². The van der Waals surface area contributed by atoms with Crippen molar-refractivity contribution in [3.63, 3.8) is 0 Å². The van der Waals surface area contributed by atoms with Gasteiger partial charge in [0.25, 0.3) is 5.91 Å². The molecule has 0 atom stereocenters. The number of carbonyl (C=O) groups is 1. The minimum absolute atomic E-state index is 0.000675. The monoisotopic (exact) mass is 543 g/mol. The van der Waals surface area contributed by atoms with Crippen LogP contribution in [0.1, 0.15) is 64.6 Å². The second-order valence-corrected chi connectivity index (χ2v) is 12.4. The molecule has 2 fully saturated rings. The van der Waals surface area contributed by atoms with Crippen molar-refractivity contribution in [1.29, 1.82) is 0 Å². The highest BCUT2D eigenvalue weighted by molar-refractivity contribution is 7.93. The number of anilines is 1. The number of nitrogens with one attached hydrogen (secondary N) is 1. The first-order chi connectivity index (χ1) is 18.0. The lowest BCUT2D eigenvalue weighted by Crippen LogP contribution is -2.54. The number of halogens is 3. The summed E-state index contributed by atoms with van der Waals surface area (Å²) < 4.78 is 56.4. The second kappa shape index (κ2) is 8.82. The Morgan fingerprint density at radius 2 is 1.95 bits per heavy atom. The zero-order valence-corrected chi connectivity index (χ0v) is 22.0. The first-order valence-corrected chi connectivity index (χ1v) is 14.1. The van der Waals surface area contributed by atoms with Crippen molar-refractivity contribution in [1.82, 2.24) is 20.1 Å². The van der Waals surface area contributed by atoms with Crippen LogP contribution in [-0.2, 0) is 42.9 Å². The number of hydrogen-bond acceptors (Lipinski definition) is 5. The van der Waals surface area contributed by atoms with E-state index in [0.29, 0.717) is 28.6 Å². The minimum atomic E-state index is -4.58. The highest BCUT2D eigenvalue weighted by Crippen LogP contribution is 2.44. The molecule has 2 aromatic carbocycles. The molecule has 0 unspecified atom stereocenters. The molecule has 3 heterocycles. The molecule has 1 aliphatic carbocycles. The molecule has 1 aromatic heterocycles. The zero-order chi connectivity index (χ0) is 26.9. The van der Waals surface area contributed by atoms with Crippen molar-refractivity contribution in [2.45, 2.75) is 56.4 Å². The average molecular weight is 544 g/mol. The van der Waals surface area contributed by atoms with Gasteiger partial charge in [-0.25, -0.2) is 0 Å². The summed E-state index contributed by atoms with van der Waals surface area (Å²) in [5.41, 5.74) is 0.385. The molecule has 1 amide bonds. The summed E-state index contributed by atoms with van der Waals surface area (Å²) in [6.07, 6.45) is 0.0675. The summed E-state index contributed by atoms with van der Waals surface area (Å²) in [4.78, 5) is 14.9. The van der Waals surface area contributed by atoms with Gasteiger partial charge in [-0.15, -0.1) is 10.2 Å². The normalized spacial score (nSPS) is 24.2. The third kappa shape index (κ3) is 4.11. The number of carbonyl (C=O) groups excluding carboxylic acids is 1. The van der Waals surface area contributed by atoms with Crippen molar-refractivity contribution in [3.05, 3.63) is 76.4 Å². The Hall–Kier alpha value is -2.89. The lowest BCUT2D eigenvalue weighted by atomic mass is 9.78. The highest BCUT2D eigenvalue weighted by Gasteiger charge is 2.54. The third-order valence-electron chi connectivity index (χ3n) is 8.25. The van der Waals surface area contributed by atoms with Crippen molar-refractivity contribution < 1.29 is 22.5 Å². The molecule has 200 valence electrons. The molecular weight excluding hydrogens is 515 g/mol. The molecule has 3 aliphatic rings. The largest absolute Gasteiger partial charge is 0.616 e. The van der Waals surface area contributed by atoms with Gasteiger partial charge in [0.2, 0.25) is 0 Å². The quantitative estimate of drug-likeness (QED) is 0.474. The number of alkyl halides is 3. The lowest BCUT2D eigenvalue weighted by Gasteiger charge is -2.41. The van der Waals surface area contributed by atoms with Gasteiger partial charge in [-0.1, -0.05) is 23.3 Å². The number of aromatic nitrogens is 3. The summed E-state index contributed by atoms with van der Waals surface area (Å²) in [6.45, 7) is 2.17. The van der Waals surface area contributed by atoms with E-state index in [-0.39, 0.29) is 29.8 Å². The molecule has 0 bridgehead atoms. The second-order valence-electron chi connectivity index (χ2n) is 11.0. The fourth-order valence-corrected chi connectivity index (χ4v) is 7.46. The van der Waals surface area contributed by atoms with Crippen LogP contribution in [0.15, 0.2) is 42.7 Å². The topological polar surface area (TPSA) is 86.1 Å². The average Bonchev–Trinajstić information content (AvgIpc) is 3.41. The summed E-state index contributed by atoms with van der Waals surface area (Å²) >= 11 is -1.02. The predicted molar refractivity (Wildman–Crippen MR) is 137 cm³/mol. The Kier molecular flexibility index (Phi) is 5.89.